The molecule has 0 atom stereocenters. The zero-order valence-corrected chi connectivity index (χ0v) is 17.0. The van der Waals surface area contributed by atoms with Crippen LogP contribution in [-0.2, 0) is 0 Å². The van der Waals surface area contributed by atoms with Crippen molar-refractivity contribution >= 4 is 14.1 Å². The smallest absolute Gasteiger partial charge is 0.0853 e. The summed E-state index contributed by atoms with van der Waals surface area (Å²) in [6.07, 6.45) is 4.24. The number of nitrogens with zero attached hydrogens (tertiary/aromatic N) is 1. The first-order valence-corrected chi connectivity index (χ1v) is 11.4. The summed E-state index contributed by atoms with van der Waals surface area (Å²) in [5, 5.41) is 0. The third-order valence-corrected chi connectivity index (χ3v) is 12.2. The van der Waals surface area contributed by atoms with Gasteiger partial charge in [0.1, 0.15) is 0 Å². The van der Waals surface area contributed by atoms with Crippen molar-refractivity contribution in [3.05, 3.63) is 59.9 Å². The molecule has 1 aromatic heterocycles. The Morgan fingerprint density at radius 1 is 0.792 bits per heavy atom. The van der Waals surface area contributed by atoms with Gasteiger partial charge in [0.15, 0.2) is 0 Å². The lowest BCUT2D eigenvalue weighted by molar-refractivity contribution is 0.834. The van der Waals surface area contributed by atoms with E-state index >= 15 is 0 Å². The number of rotatable bonds is 6. The molecule has 1 heterocycles. The van der Waals surface area contributed by atoms with Crippen LogP contribution in [0.2, 0.25) is 16.6 Å². The lowest BCUT2D eigenvalue weighted by atomic mass is 10.0. The van der Waals surface area contributed by atoms with Crippen LogP contribution >= 0.6 is 0 Å². The van der Waals surface area contributed by atoms with Crippen LogP contribution in [0.4, 0.5) is 0 Å². The Labute approximate surface area is 148 Å². The van der Waals surface area contributed by atoms with E-state index < -0.39 is 8.07 Å². The highest BCUT2D eigenvalue weighted by Crippen LogP contribution is 2.43. The van der Waals surface area contributed by atoms with Gasteiger partial charge in [0.2, 0.25) is 0 Å². The first-order valence-electron chi connectivity index (χ1n) is 9.09. The molecule has 0 aliphatic rings. The fraction of sp³-hybridized carbons (Fsp3) is 0.409. The molecule has 0 aliphatic heterocycles. The number of aromatic nitrogens is 1. The van der Waals surface area contributed by atoms with Gasteiger partial charge in [-0.2, -0.15) is 0 Å². The third-order valence-electron chi connectivity index (χ3n) is 5.45. The van der Waals surface area contributed by atoms with E-state index in [1.807, 2.05) is 12.3 Å². The number of benzene rings is 1. The highest BCUT2D eigenvalue weighted by atomic mass is 28.3. The van der Waals surface area contributed by atoms with Crippen molar-refractivity contribution in [2.45, 2.75) is 58.2 Å². The van der Waals surface area contributed by atoms with Gasteiger partial charge in [0, 0.05) is 11.8 Å². The molecule has 0 radical (unpaired) electrons. The predicted molar refractivity (Wildman–Crippen MR) is 110 cm³/mol. The van der Waals surface area contributed by atoms with Gasteiger partial charge in [-0.1, -0.05) is 83.6 Å². The fourth-order valence-electron chi connectivity index (χ4n) is 4.21. The Balaban J connectivity index is 2.48. The summed E-state index contributed by atoms with van der Waals surface area (Å²) in [6.45, 7) is 14.4. The van der Waals surface area contributed by atoms with Crippen molar-refractivity contribution in [3.8, 4) is 11.3 Å². The van der Waals surface area contributed by atoms with Crippen molar-refractivity contribution in [2.24, 2.45) is 0 Å². The van der Waals surface area contributed by atoms with Gasteiger partial charge in [-0.25, -0.2) is 0 Å². The zero-order chi connectivity index (χ0) is 17.7. The molecule has 0 fully saturated rings. The van der Waals surface area contributed by atoms with Crippen molar-refractivity contribution in [1.82, 2.24) is 4.98 Å². The maximum atomic E-state index is 4.54. The van der Waals surface area contributed by atoms with Crippen LogP contribution in [0.15, 0.2) is 54.4 Å². The minimum Gasteiger partial charge on any atom is -0.256 e. The molecule has 0 spiro atoms. The molecule has 0 saturated carbocycles. The summed E-state index contributed by atoms with van der Waals surface area (Å²) < 4.78 is 0. The Kier molecular flexibility index (Phi) is 6.17. The van der Waals surface area contributed by atoms with E-state index in [2.05, 4.69) is 94.7 Å². The second-order valence-electron chi connectivity index (χ2n) is 7.60. The topological polar surface area (TPSA) is 12.9 Å². The fourth-order valence-corrected chi connectivity index (χ4v) is 9.83. The summed E-state index contributed by atoms with van der Waals surface area (Å²) in [5.41, 5.74) is 8.32. The maximum Gasteiger partial charge on any atom is 0.0853 e. The van der Waals surface area contributed by atoms with Gasteiger partial charge >= 0.3 is 0 Å². The number of hydrogen-bond acceptors (Lipinski definition) is 1. The Hall–Kier alpha value is -1.67. The normalized spacial score (nSPS) is 12.7. The Morgan fingerprint density at radius 2 is 1.38 bits per heavy atom. The zero-order valence-electron chi connectivity index (χ0n) is 16.0. The average Bonchev–Trinajstić information content (AvgIpc) is 2.55. The van der Waals surface area contributed by atoms with Gasteiger partial charge in [-0.15, -0.1) is 0 Å². The molecule has 2 heteroatoms. The third kappa shape index (κ3) is 3.70. The van der Waals surface area contributed by atoms with Gasteiger partial charge < -0.3 is 0 Å². The molecule has 0 aliphatic carbocycles. The highest BCUT2D eigenvalue weighted by molar-refractivity contribution is 6.88. The molecule has 0 N–H and O–H groups in total. The first kappa shape index (κ1) is 18.7. The van der Waals surface area contributed by atoms with E-state index in [0.29, 0.717) is 0 Å². The van der Waals surface area contributed by atoms with E-state index in [9.17, 15) is 0 Å². The minimum absolute atomic E-state index is 0.732. The Bertz CT molecular complexity index is 650. The van der Waals surface area contributed by atoms with E-state index in [0.717, 1.165) is 22.3 Å². The molecule has 1 aromatic carbocycles. The molecule has 0 bridgehead atoms. The van der Waals surface area contributed by atoms with Gasteiger partial charge in [-0.05, 0) is 34.3 Å². The van der Waals surface area contributed by atoms with Gasteiger partial charge in [0.05, 0.1) is 13.8 Å². The first-order chi connectivity index (χ1) is 11.4. The van der Waals surface area contributed by atoms with Crippen molar-refractivity contribution in [2.75, 3.05) is 0 Å². The van der Waals surface area contributed by atoms with Crippen LogP contribution in [0.25, 0.3) is 17.3 Å². The lowest BCUT2D eigenvalue weighted by Gasteiger charge is -2.40. The maximum absolute atomic E-state index is 4.54. The van der Waals surface area contributed by atoms with Crippen LogP contribution in [0.1, 0.15) is 47.1 Å². The van der Waals surface area contributed by atoms with Gasteiger partial charge in [0.25, 0.3) is 0 Å². The monoisotopic (exact) mass is 337 g/mol. The highest BCUT2D eigenvalue weighted by Gasteiger charge is 2.40. The quantitative estimate of drug-likeness (QED) is 0.518. The molecule has 0 amide bonds. The van der Waals surface area contributed by atoms with Crippen LogP contribution in [-0.4, -0.2) is 13.1 Å². The predicted octanol–water partition coefficient (Wildman–Crippen LogP) is 6.98. The van der Waals surface area contributed by atoms with E-state index in [-0.39, 0.29) is 0 Å². The largest absolute Gasteiger partial charge is 0.256 e. The van der Waals surface area contributed by atoms with E-state index in [4.69, 9.17) is 0 Å². The van der Waals surface area contributed by atoms with Crippen molar-refractivity contribution in [3.63, 3.8) is 0 Å². The molecule has 0 saturated heterocycles. The summed E-state index contributed by atoms with van der Waals surface area (Å²) >= 11 is 0. The standard InChI is InChI=1S/C22H31NSi/c1-17(2)24(18(3)4,19(5)6)16-14-20-11-7-8-12-21(20)22-13-9-10-15-23-22/h7-19H,1-6H3/b16-14+. The molecular weight excluding hydrogens is 306 g/mol. The minimum atomic E-state index is -1.54. The molecular formula is C22H31NSi. The summed E-state index contributed by atoms with van der Waals surface area (Å²) in [5.74, 6) is 0. The second kappa shape index (κ2) is 7.93. The average molecular weight is 338 g/mol. The Morgan fingerprint density at radius 3 is 1.92 bits per heavy atom. The molecule has 128 valence electrons. The summed E-state index contributed by atoms with van der Waals surface area (Å²) in [6, 6.07) is 14.7. The summed E-state index contributed by atoms with van der Waals surface area (Å²) in [7, 11) is -1.54. The molecule has 2 aromatic rings. The van der Waals surface area contributed by atoms with Crippen LogP contribution in [0.5, 0.6) is 0 Å². The molecule has 1 nitrogen and oxygen atoms in total. The number of hydrogen-bond donors (Lipinski definition) is 0. The molecule has 24 heavy (non-hydrogen) atoms. The van der Waals surface area contributed by atoms with Crippen molar-refractivity contribution < 1.29 is 0 Å². The van der Waals surface area contributed by atoms with Crippen LogP contribution in [0, 0.1) is 0 Å². The van der Waals surface area contributed by atoms with Crippen LogP contribution < -0.4 is 0 Å². The number of pyridine rings is 1. The second-order valence-corrected chi connectivity index (χ2v) is 13.4. The van der Waals surface area contributed by atoms with E-state index in [1.165, 1.54) is 11.1 Å². The van der Waals surface area contributed by atoms with Crippen LogP contribution in [0.3, 0.4) is 0 Å². The summed E-state index contributed by atoms with van der Waals surface area (Å²) in [4.78, 5) is 4.54. The molecule has 0 unspecified atom stereocenters. The molecule has 2 rings (SSSR count). The van der Waals surface area contributed by atoms with Gasteiger partial charge in [-0.3, -0.25) is 4.98 Å². The lowest BCUT2D eigenvalue weighted by Crippen LogP contribution is -2.42. The van der Waals surface area contributed by atoms with E-state index in [1.54, 1.807) is 0 Å². The van der Waals surface area contributed by atoms with Crippen molar-refractivity contribution in [1.29, 1.82) is 0 Å². The SMILES string of the molecule is CC(C)[Si](/C=C/c1ccccc1-c1ccccn1)(C(C)C)C(C)C.